The summed E-state index contributed by atoms with van der Waals surface area (Å²) >= 11 is 0. The summed E-state index contributed by atoms with van der Waals surface area (Å²) in [6.45, 7) is 4.90. The molecule has 0 amide bonds. The Balaban J connectivity index is 2.72. The Morgan fingerprint density at radius 1 is 1.44 bits per heavy atom. The van der Waals surface area contributed by atoms with E-state index in [0.29, 0.717) is 24.3 Å². The van der Waals surface area contributed by atoms with E-state index < -0.39 is 0 Å². The van der Waals surface area contributed by atoms with Crippen molar-refractivity contribution in [1.82, 2.24) is 5.32 Å². The maximum atomic E-state index is 9.00. The van der Waals surface area contributed by atoms with E-state index in [-0.39, 0.29) is 12.1 Å². The van der Waals surface area contributed by atoms with Gasteiger partial charge in [0.25, 0.3) is 0 Å². The summed E-state index contributed by atoms with van der Waals surface area (Å²) in [7, 11) is 1.55. The quantitative estimate of drug-likeness (QED) is 0.806. The summed E-state index contributed by atoms with van der Waals surface area (Å²) in [6.07, 6.45) is 0.689. The van der Waals surface area contributed by atoms with Crippen LogP contribution in [0, 0.1) is 11.3 Å². The summed E-state index contributed by atoms with van der Waals surface area (Å²) in [5, 5.41) is 21.3. The molecule has 0 fully saturated rings. The smallest absolute Gasteiger partial charge is 0.136 e. The molecule has 0 aliphatic rings. The van der Waals surface area contributed by atoms with Crippen LogP contribution in [0.4, 0.5) is 0 Å². The highest BCUT2D eigenvalue weighted by Crippen LogP contribution is 2.19. The van der Waals surface area contributed by atoms with Crippen LogP contribution in [0.2, 0.25) is 0 Å². The summed E-state index contributed by atoms with van der Waals surface area (Å²) in [5.41, 5.74) is 1.44. The Morgan fingerprint density at radius 2 is 2.17 bits per heavy atom. The molecule has 4 nitrogen and oxygen atoms in total. The van der Waals surface area contributed by atoms with Gasteiger partial charge in [-0.2, -0.15) is 5.26 Å². The largest absolute Gasteiger partial charge is 0.495 e. The minimum absolute atomic E-state index is 0.124. The van der Waals surface area contributed by atoms with Crippen LogP contribution >= 0.6 is 0 Å². The summed E-state index contributed by atoms with van der Waals surface area (Å²) in [6, 6.07) is 7.67. The van der Waals surface area contributed by atoms with Gasteiger partial charge in [0.2, 0.25) is 0 Å². The highest BCUT2D eigenvalue weighted by molar-refractivity contribution is 5.45. The molecule has 4 heteroatoms. The maximum Gasteiger partial charge on any atom is 0.136 e. The number of aliphatic hydroxyl groups is 1. The number of methoxy groups -OCH3 is 1. The van der Waals surface area contributed by atoms with Gasteiger partial charge in [0.1, 0.15) is 11.8 Å². The number of aliphatic hydroxyl groups excluding tert-OH is 1. The van der Waals surface area contributed by atoms with Gasteiger partial charge in [0, 0.05) is 18.7 Å². The van der Waals surface area contributed by atoms with Crippen LogP contribution in [-0.2, 0) is 6.54 Å². The SMILES string of the molecule is COc1ccc(CNC(C)(C)CCO)cc1C#N. The van der Waals surface area contributed by atoms with Gasteiger partial charge in [-0.1, -0.05) is 6.07 Å². The number of rotatable bonds is 6. The molecule has 98 valence electrons. The molecule has 1 aromatic rings. The Labute approximate surface area is 108 Å². The van der Waals surface area contributed by atoms with Gasteiger partial charge >= 0.3 is 0 Å². The Hall–Kier alpha value is -1.57. The van der Waals surface area contributed by atoms with Gasteiger partial charge in [-0.3, -0.25) is 0 Å². The number of ether oxygens (including phenoxy) is 1. The summed E-state index contributed by atoms with van der Waals surface area (Å²) < 4.78 is 5.10. The molecule has 0 saturated carbocycles. The Kier molecular flexibility index (Phi) is 5.14. The zero-order valence-electron chi connectivity index (χ0n) is 11.2. The molecule has 0 heterocycles. The molecule has 18 heavy (non-hydrogen) atoms. The number of nitrogens with one attached hydrogen (secondary N) is 1. The molecule has 1 aromatic carbocycles. The van der Waals surface area contributed by atoms with Gasteiger partial charge in [0.05, 0.1) is 12.7 Å². The predicted octanol–water partition coefficient (Wildman–Crippen LogP) is 1.82. The van der Waals surface area contributed by atoms with Crippen molar-refractivity contribution in [3.63, 3.8) is 0 Å². The summed E-state index contributed by atoms with van der Waals surface area (Å²) in [5.74, 6) is 0.593. The lowest BCUT2D eigenvalue weighted by molar-refractivity contribution is 0.230. The molecule has 0 bridgehead atoms. The average Bonchev–Trinajstić information content (AvgIpc) is 2.36. The zero-order valence-corrected chi connectivity index (χ0v) is 11.2. The van der Waals surface area contributed by atoms with E-state index in [1.54, 1.807) is 13.2 Å². The Bertz CT molecular complexity index is 436. The average molecular weight is 248 g/mol. The molecule has 0 atom stereocenters. The van der Waals surface area contributed by atoms with Gasteiger partial charge in [-0.25, -0.2) is 0 Å². The van der Waals surface area contributed by atoms with Crippen molar-refractivity contribution in [2.75, 3.05) is 13.7 Å². The van der Waals surface area contributed by atoms with Gasteiger partial charge < -0.3 is 15.2 Å². The number of nitriles is 1. The second-order valence-corrected chi connectivity index (χ2v) is 4.86. The lowest BCUT2D eigenvalue weighted by Crippen LogP contribution is -2.39. The minimum atomic E-state index is -0.124. The van der Waals surface area contributed by atoms with E-state index in [9.17, 15) is 0 Å². The molecule has 0 aliphatic heterocycles. The first kappa shape index (κ1) is 14.5. The van der Waals surface area contributed by atoms with Gasteiger partial charge in [0.15, 0.2) is 0 Å². The van der Waals surface area contributed by atoms with E-state index in [1.807, 2.05) is 26.0 Å². The number of hydrogen-bond donors (Lipinski definition) is 2. The van der Waals surface area contributed by atoms with Gasteiger partial charge in [-0.05, 0) is 38.0 Å². The molecule has 0 spiro atoms. The third kappa shape index (κ3) is 4.02. The molecule has 2 N–H and O–H groups in total. The number of nitrogens with zero attached hydrogens (tertiary/aromatic N) is 1. The van der Waals surface area contributed by atoms with Crippen molar-refractivity contribution in [3.8, 4) is 11.8 Å². The third-order valence-corrected chi connectivity index (χ3v) is 2.89. The van der Waals surface area contributed by atoms with Crippen LogP contribution in [0.25, 0.3) is 0 Å². The first-order valence-corrected chi connectivity index (χ1v) is 5.95. The Morgan fingerprint density at radius 3 is 2.72 bits per heavy atom. The van der Waals surface area contributed by atoms with E-state index in [4.69, 9.17) is 15.1 Å². The second-order valence-electron chi connectivity index (χ2n) is 4.86. The van der Waals surface area contributed by atoms with Crippen molar-refractivity contribution in [1.29, 1.82) is 5.26 Å². The third-order valence-electron chi connectivity index (χ3n) is 2.89. The van der Waals surface area contributed by atoms with Crippen LogP contribution in [0.3, 0.4) is 0 Å². The van der Waals surface area contributed by atoms with Crippen molar-refractivity contribution in [2.24, 2.45) is 0 Å². The normalized spacial score (nSPS) is 11.1. The molecule has 0 aromatic heterocycles. The van der Waals surface area contributed by atoms with E-state index in [0.717, 1.165) is 5.56 Å². The molecular weight excluding hydrogens is 228 g/mol. The van der Waals surface area contributed by atoms with Crippen molar-refractivity contribution < 1.29 is 9.84 Å². The lowest BCUT2D eigenvalue weighted by Gasteiger charge is -2.25. The first-order chi connectivity index (χ1) is 8.52. The van der Waals surface area contributed by atoms with E-state index >= 15 is 0 Å². The fourth-order valence-corrected chi connectivity index (χ4v) is 1.66. The molecule has 0 radical (unpaired) electrons. The van der Waals surface area contributed by atoms with E-state index in [1.165, 1.54) is 0 Å². The minimum Gasteiger partial charge on any atom is -0.495 e. The van der Waals surface area contributed by atoms with Gasteiger partial charge in [-0.15, -0.1) is 0 Å². The van der Waals surface area contributed by atoms with Crippen LogP contribution < -0.4 is 10.1 Å². The standard InChI is InChI=1S/C14H20N2O2/c1-14(2,6-7-17)16-10-11-4-5-13(18-3)12(8-11)9-15/h4-5,8,16-17H,6-7,10H2,1-3H3. The molecule has 0 saturated heterocycles. The topological polar surface area (TPSA) is 65.3 Å². The monoisotopic (exact) mass is 248 g/mol. The molecule has 1 rings (SSSR count). The number of benzene rings is 1. The second kappa shape index (κ2) is 6.39. The highest BCUT2D eigenvalue weighted by Gasteiger charge is 2.16. The fourth-order valence-electron chi connectivity index (χ4n) is 1.66. The maximum absolute atomic E-state index is 9.00. The van der Waals surface area contributed by atoms with Crippen LogP contribution in [0.15, 0.2) is 18.2 Å². The van der Waals surface area contributed by atoms with Crippen LogP contribution in [-0.4, -0.2) is 24.4 Å². The lowest BCUT2D eigenvalue weighted by atomic mass is 10.0. The zero-order chi connectivity index (χ0) is 13.6. The van der Waals surface area contributed by atoms with Crippen LogP contribution in [0.5, 0.6) is 5.75 Å². The fraction of sp³-hybridized carbons (Fsp3) is 0.500. The molecule has 0 unspecified atom stereocenters. The van der Waals surface area contributed by atoms with Crippen LogP contribution in [0.1, 0.15) is 31.4 Å². The first-order valence-electron chi connectivity index (χ1n) is 5.95. The van der Waals surface area contributed by atoms with Crippen molar-refractivity contribution in [3.05, 3.63) is 29.3 Å². The van der Waals surface area contributed by atoms with Crippen molar-refractivity contribution in [2.45, 2.75) is 32.4 Å². The van der Waals surface area contributed by atoms with Crippen molar-refractivity contribution >= 4 is 0 Å². The predicted molar refractivity (Wildman–Crippen MR) is 70.3 cm³/mol. The highest BCUT2D eigenvalue weighted by atomic mass is 16.5. The molecule has 0 aliphatic carbocycles. The molecular formula is C14H20N2O2. The number of hydrogen-bond acceptors (Lipinski definition) is 4. The van der Waals surface area contributed by atoms with E-state index in [2.05, 4.69) is 11.4 Å². The summed E-state index contributed by atoms with van der Waals surface area (Å²) in [4.78, 5) is 0.